The maximum absolute atomic E-state index is 13.9. The Bertz CT molecular complexity index is 1020. The van der Waals surface area contributed by atoms with Crippen LogP contribution in [-0.4, -0.2) is 23.3 Å². The van der Waals surface area contributed by atoms with Crippen LogP contribution in [0.25, 0.3) is 10.9 Å². The Morgan fingerprint density at radius 3 is 2.85 bits per heavy atom. The molecular weight excluding hydrogens is 367 g/mol. The van der Waals surface area contributed by atoms with E-state index in [0.29, 0.717) is 34.9 Å². The van der Waals surface area contributed by atoms with Crippen molar-refractivity contribution in [3.05, 3.63) is 70.3 Å². The zero-order valence-electron chi connectivity index (χ0n) is 14.8. The van der Waals surface area contributed by atoms with Crippen molar-refractivity contribution < 1.29 is 13.9 Å². The number of carbonyl (C=O) groups is 1. The number of pyridine rings is 1. The minimum Gasteiger partial charge on any atom is -0.492 e. The van der Waals surface area contributed by atoms with Gasteiger partial charge >= 0.3 is 0 Å². The molecule has 1 aromatic heterocycles. The van der Waals surface area contributed by atoms with E-state index in [9.17, 15) is 14.0 Å². The predicted octanol–water partition coefficient (Wildman–Crippen LogP) is 3.94. The minimum atomic E-state index is -0.471. The molecule has 1 amide bonds. The number of para-hydroxylation sites is 3. The molecule has 0 aliphatic carbocycles. The van der Waals surface area contributed by atoms with E-state index in [1.807, 2.05) is 19.1 Å². The first-order valence-corrected chi connectivity index (χ1v) is 9.64. The summed E-state index contributed by atoms with van der Waals surface area (Å²) in [7, 11) is 0. The lowest BCUT2D eigenvalue weighted by molar-refractivity contribution is -0.113. The average molecular weight is 386 g/mol. The lowest BCUT2D eigenvalue weighted by Crippen LogP contribution is -2.15. The highest BCUT2D eigenvalue weighted by atomic mass is 32.2. The molecule has 0 spiro atoms. The number of aromatic nitrogens is 1. The summed E-state index contributed by atoms with van der Waals surface area (Å²) in [4.78, 5) is 27.2. The standard InChI is InChI=1S/C20H19FN2O3S/c1-2-26-18-9-4-3-8-16(18)23-19(25)12-27-11-13-10-17(24)14-6-5-7-15(21)20(14)22-13/h3-10H,2,11-12H2,1H3,(H,22,24)(H,23,25). The van der Waals surface area contributed by atoms with Gasteiger partial charge in [-0.15, -0.1) is 11.8 Å². The molecule has 0 atom stereocenters. The number of H-pyrrole nitrogens is 1. The fourth-order valence-electron chi connectivity index (χ4n) is 2.66. The zero-order valence-corrected chi connectivity index (χ0v) is 15.6. The number of fused-ring (bicyclic) bond motifs is 1. The molecule has 0 unspecified atom stereocenters. The number of amides is 1. The van der Waals surface area contributed by atoms with Gasteiger partial charge in [-0.05, 0) is 31.2 Å². The molecule has 140 valence electrons. The van der Waals surface area contributed by atoms with Gasteiger partial charge in [-0.1, -0.05) is 18.2 Å². The van der Waals surface area contributed by atoms with Crippen molar-refractivity contribution in [1.29, 1.82) is 0 Å². The third-order valence-electron chi connectivity index (χ3n) is 3.82. The molecule has 0 radical (unpaired) electrons. The van der Waals surface area contributed by atoms with Gasteiger partial charge in [-0.2, -0.15) is 0 Å². The highest BCUT2D eigenvalue weighted by molar-refractivity contribution is 7.99. The smallest absolute Gasteiger partial charge is 0.234 e. The maximum Gasteiger partial charge on any atom is 0.234 e. The molecule has 27 heavy (non-hydrogen) atoms. The van der Waals surface area contributed by atoms with Crippen LogP contribution in [0.3, 0.4) is 0 Å². The van der Waals surface area contributed by atoms with E-state index in [1.54, 1.807) is 18.2 Å². The Morgan fingerprint density at radius 2 is 2.04 bits per heavy atom. The summed E-state index contributed by atoms with van der Waals surface area (Å²) in [6.45, 7) is 2.38. The van der Waals surface area contributed by atoms with Gasteiger partial charge in [0.05, 0.1) is 23.6 Å². The number of aromatic amines is 1. The van der Waals surface area contributed by atoms with Gasteiger partial charge in [0.2, 0.25) is 5.91 Å². The van der Waals surface area contributed by atoms with Crippen LogP contribution in [0, 0.1) is 5.82 Å². The Hall–Kier alpha value is -2.80. The average Bonchev–Trinajstić information content (AvgIpc) is 2.64. The first-order chi connectivity index (χ1) is 13.1. The van der Waals surface area contributed by atoms with Crippen molar-refractivity contribution in [3.8, 4) is 5.75 Å². The normalized spacial score (nSPS) is 10.7. The molecule has 0 fully saturated rings. The molecule has 3 rings (SSSR count). The fraction of sp³-hybridized carbons (Fsp3) is 0.200. The lowest BCUT2D eigenvalue weighted by Gasteiger charge is -2.11. The SMILES string of the molecule is CCOc1ccccc1NC(=O)CSCc1cc(=O)c2cccc(F)c2[nH]1. The number of hydrogen-bond donors (Lipinski definition) is 2. The number of nitrogens with one attached hydrogen (secondary N) is 2. The van der Waals surface area contributed by atoms with E-state index in [4.69, 9.17) is 4.74 Å². The summed E-state index contributed by atoms with van der Waals surface area (Å²) < 4.78 is 19.4. The quantitative estimate of drug-likeness (QED) is 0.645. The van der Waals surface area contributed by atoms with Crippen LogP contribution in [-0.2, 0) is 10.5 Å². The monoisotopic (exact) mass is 386 g/mol. The second-order valence-corrected chi connectivity index (χ2v) is 6.78. The Balaban J connectivity index is 1.62. The lowest BCUT2D eigenvalue weighted by atomic mass is 10.2. The van der Waals surface area contributed by atoms with Gasteiger partial charge in [0.15, 0.2) is 5.43 Å². The zero-order chi connectivity index (χ0) is 19.2. The fourth-order valence-corrected chi connectivity index (χ4v) is 3.39. The van der Waals surface area contributed by atoms with E-state index >= 15 is 0 Å². The number of thioether (sulfide) groups is 1. The Kier molecular flexibility index (Phi) is 6.13. The Morgan fingerprint density at radius 1 is 1.22 bits per heavy atom. The van der Waals surface area contributed by atoms with Crippen LogP contribution in [0.2, 0.25) is 0 Å². The summed E-state index contributed by atoms with van der Waals surface area (Å²) in [6, 6.07) is 13.1. The third-order valence-corrected chi connectivity index (χ3v) is 4.80. The van der Waals surface area contributed by atoms with E-state index in [2.05, 4.69) is 10.3 Å². The van der Waals surface area contributed by atoms with Crippen molar-refractivity contribution in [2.24, 2.45) is 0 Å². The summed E-state index contributed by atoms with van der Waals surface area (Å²) >= 11 is 1.33. The first kappa shape index (κ1) is 19.0. The summed E-state index contributed by atoms with van der Waals surface area (Å²) in [5.74, 6) is 0.550. The third kappa shape index (κ3) is 4.68. The number of rotatable bonds is 7. The number of halogens is 1. The van der Waals surface area contributed by atoms with E-state index in [1.165, 1.54) is 30.0 Å². The molecular formula is C20H19FN2O3S. The molecule has 0 bridgehead atoms. The molecule has 5 nitrogen and oxygen atoms in total. The van der Waals surface area contributed by atoms with E-state index in [-0.39, 0.29) is 22.6 Å². The molecule has 2 aromatic carbocycles. The molecule has 2 N–H and O–H groups in total. The second-order valence-electron chi connectivity index (χ2n) is 5.79. The van der Waals surface area contributed by atoms with Crippen molar-refractivity contribution in [3.63, 3.8) is 0 Å². The van der Waals surface area contributed by atoms with Crippen molar-refractivity contribution in [2.75, 3.05) is 17.7 Å². The number of hydrogen-bond acceptors (Lipinski definition) is 4. The van der Waals surface area contributed by atoms with Crippen LogP contribution >= 0.6 is 11.8 Å². The van der Waals surface area contributed by atoms with Gasteiger partial charge in [-0.3, -0.25) is 9.59 Å². The van der Waals surface area contributed by atoms with E-state index in [0.717, 1.165) is 0 Å². The number of carbonyl (C=O) groups excluding carboxylic acids is 1. The van der Waals surface area contributed by atoms with Crippen LogP contribution in [0.1, 0.15) is 12.6 Å². The largest absolute Gasteiger partial charge is 0.492 e. The molecule has 0 saturated carbocycles. The van der Waals surface area contributed by atoms with Crippen molar-refractivity contribution in [1.82, 2.24) is 4.98 Å². The Labute approximate surface area is 159 Å². The first-order valence-electron chi connectivity index (χ1n) is 8.48. The predicted molar refractivity (Wildman–Crippen MR) is 107 cm³/mol. The van der Waals surface area contributed by atoms with Gasteiger partial charge in [0, 0.05) is 22.9 Å². The summed E-state index contributed by atoms with van der Waals surface area (Å²) in [5.41, 5.74) is 1.14. The second kappa shape index (κ2) is 8.73. The number of ether oxygens (including phenoxy) is 1. The minimum absolute atomic E-state index is 0.179. The summed E-state index contributed by atoms with van der Waals surface area (Å²) in [6.07, 6.45) is 0. The molecule has 0 aliphatic rings. The number of benzene rings is 2. The van der Waals surface area contributed by atoms with Crippen LogP contribution in [0.4, 0.5) is 10.1 Å². The molecule has 0 aliphatic heterocycles. The highest BCUT2D eigenvalue weighted by Gasteiger charge is 2.09. The number of anilines is 1. The van der Waals surface area contributed by atoms with Gasteiger partial charge in [0.1, 0.15) is 11.6 Å². The van der Waals surface area contributed by atoms with Gasteiger partial charge < -0.3 is 15.0 Å². The topological polar surface area (TPSA) is 71.2 Å². The highest BCUT2D eigenvalue weighted by Crippen LogP contribution is 2.24. The van der Waals surface area contributed by atoms with Gasteiger partial charge in [0.25, 0.3) is 0 Å². The molecule has 3 aromatic rings. The molecule has 7 heteroatoms. The van der Waals surface area contributed by atoms with Crippen molar-refractivity contribution in [2.45, 2.75) is 12.7 Å². The van der Waals surface area contributed by atoms with Crippen molar-refractivity contribution >= 4 is 34.3 Å². The molecule has 1 heterocycles. The van der Waals surface area contributed by atoms with Crippen LogP contribution in [0.5, 0.6) is 5.75 Å². The van der Waals surface area contributed by atoms with Crippen LogP contribution in [0.15, 0.2) is 53.3 Å². The summed E-state index contributed by atoms with van der Waals surface area (Å²) in [5, 5.41) is 3.13. The van der Waals surface area contributed by atoms with E-state index < -0.39 is 5.82 Å². The van der Waals surface area contributed by atoms with Crippen LogP contribution < -0.4 is 15.5 Å². The maximum atomic E-state index is 13.9. The van der Waals surface area contributed by atoms with Gasteiger partial charge in [-0.25, -0.2) is 4.39 Å². The molecule has 0 saturated heterocycles.